The molecule has 1 N–H and O–H groups in total. The molecule has 0 fully saturated rings. The quantitative estimate of drug-likeness (QED) is 0.919. The molecule has 0 saturated heterocycles. The molecule has 0 aliphatic heterocycles. The van der Waals surface area contributed by atoms with Gasteiger partial charge in [0.1, 0.15) is 17.7 Å². The third kappa shape index (κ3) is 2.84. The highest BCUT2D eigenvalue weighted by molar-refractivity contribution is 6.42. The summed E-state index contributed by atoms with van der Waals surface area (Å²) in [6.45, 7) is 0. The lowest BCUT2D eigenvalue weighted by Gasteiger charge is -2.15. The minimum absolute atomic E-state index is 0.116. The van der Waals surface area contributed by atoms with Gasteiger partial charge in [-0.05, 0) is 18.2 Å². The number of methoxy groups -OCH3 is 1. The van der Waals surface area contributed by atoms with Crippen LogP contribution in [-0.2, 0) is 0 Å². The van der Waals surface area contributed by atoms with E-state index >= 15 is 0 Å². The van der Waals surface area contributed by atoms with Gasteiger partial charge in [-0.15, -0.1) is 0 Å². The van der Waals surface area contributed by atoms with Gasteiger partial charge in [0.15, 0.2) is 0 Å². The van der Waals surface area contributed by atoms with Crippen LogP contribution >= 0.6 is 23.2 Å². The van der Waals surface area contributed by atoms with Gasteiger partial charge >= 0.3 is 0 Å². The minimum atomic E-state index is -1.18. The highest BCUT2D eigenvalue weighted by Gasteiger charge is 2.19. The molecule has 2 aromatic rings. The Morgan fingerprint density at radius 2 is 1.89 bits per heavy atom. The van der Waals surface area contributed by atoms with Crippen LogP contribution in [0.3, 0.4) is 0 Å². The molecule has 0 radical (unpaired) electrons. The maximum Gasteiger partial charge on any atom is 0.133 e. The van der Waals surface area contributed by atoms with Gasteiger partial charge in [-0.2, -0.15) is 0 Å². The molecule has 0 saturated carbocycles. The highest BCUT2D eigenvalue weighted by Crippen LogP contribution is 2.34. The first-order chi connectivity index (χ1) is 9.04. The van der Waals surface area contributed by atoms with Gasteiger partial charge in [0.05, 0.1) is 17.2 Å². The average Bonchev–Trinajstić information content (AvgIpc) is 2.41. The lowest BCUT2D eigenvalue weighted by Crippen LogP contribution is -2.04. The van der Waals surface area contributed by atoms with Gasteiger partial charge in [-0.1, -0.05) is 35.3 Å². The van der Waals surface area contributed by atoms with Crippen molar-refractivity contribution >= 4 is 23.2 Å². The zero-order valence-corrected chi connectivity index (χ0v) is 11.5. The molecular weight excluding hydrogens is 290 g/mol. The Labute approximate surface area is 120 Å². The predicted octanol–water partition coefficient (Wildman–Crippen LogP) is 4.22. The van der Waals surface area contributed by atoms with Crippen LogP contribution in [-0.4, -0.2) is 12.2 Å². The van der Waals surface area contributed by atoms with E-state index in [1.807, 2.05) is 0 Å². The zero-order valence-electron chi connectivity index (χ0n) is 10.0. The summed E-state index contributed by atoms with van der Waals surface area (Å²) in [6.07, 6.45) is -1.18. The average molecular weight is 301 g/mol. The number of rotatable bonds is 3. The van der Waals surface area contributed by atoms with Crippen molar-refractivity contribution in [3.05, 3.63) is 63.4 Å². The van der Waals surface area contributed by atoms with Crippen molar-refractivity contribution in [2.75, 3.05) is 7.11 Å². The third-order valence-electron chi connectivity index (χ3n) is 2.78. The third-order valence-corrected chi connectivity index (χ3v) is 3.61. The second-order valence-corrected chi connectivity index (χ2v) is 4.72. The number of benzene rings is 2. The number of hydrogen-bond acceptors (Lipinski definition) is 2. The molecule has 0 aliphatic rings. The van der Waals surface area contributed by atoms with Crippen LogP contribution < -0.4 is 4.74 Å². The van der Waals surface area contributed by atoms with E-state index in [9.17, 15) is 9.50 Å². The van der Waals surface area contributed by atoms with Crippen LogP contribution in [0.1, 0.15) is 17.2 Å². The van der Waals surface area contributed by atoms with Gasteiger partial charge in [-0.3, -0.25) is 0 Å². The highest BCUT2D eigenvalue weighted by atomic mass is 35.5. The summed E-state index contributed by atoms with van der Waals surface area (Å²) >= 11 is 11.9. The number of aliphatic hydroxyl groups excluding tert-OH is 1. The van der Waals surface area contributed by atoms with Crippen molar-refractivity contribution in [2.45, 2.75) is 6.10 Å². The molecule has 100 valence electrons. The number of ether oxygens (including phenoxy) is 1. The topological polar surface area (TPSA) is 29.5 Å². The Morgan fingerprint density at radius 3 is 2.53 bits per heavy atom. The molecule has 0 heterocycles. The second kappa shape index (κ2) is 5.78. The predicted molar refractivity (Wildman–Crippen MR) is 73.5 cm³/mol. The smallest absolute Gasteiger partial charge is 0.133 e. The molecule has 0 aliphatic carbocycles. The fourth-order valence-corrected chi connectivity index (χ4v) is 2.17. The Balaban J connectivity index is 2.44. The van der Waals surface area contributed by atoms with Crippen molar-refractivity contribution < 1.29 is 14.2 Å². The standard InChI is InChI=1S/C14H11Cl2FO2/c1-19-8-5-6-9(12(17)7-8)14(18)10-3-2-4-11(15)13(10)16/h2-7,14,18H,1H3. The van der Waals surface area contributed by atoms with Crippen LogP contribution in [0.25, 0.3) is 0 Å². The van der Waals surface area contributed by atoms with Crippen LogP contribution in [0.5, 0.6) is 5.75 Å². The lowest BCUT2D eigenvalue weighted by molar-refractivity contribution is 0.215. The zero-order chi connectivity index (χ0) is 14.0. The lowest BCUT2D eigenvalue weighted by atomic mass is 10.0. The van der Waals surface area contributed by atoms with E-state index in [0.29, 0.717) is 16.3 Å². The van der Waals surface area contributed by atoms with Gasteiger partial charge < -0.3 is 9.84 Å². The SMILES string of the molecule is COc1ccc(C(O)c2cccc(Cl)c2Cl)c(F)c1. The first-order valence-electron chi connectivity index (χ1n) is 5.50. The maximum absolute atomic E-state index is 13.9. The van der Waals surface area contributed by atoms with Gasteiger partial charge in [0.25, 0.3) is 0 Å². The van der Waals surface area contributed by atoms with Gasteiger partial charge in [0.2, 0.25) is 0 Å². The Hall–Kier alpha value is -1.29. The Kier molecular flexibility index (Phi) is 4.30. The van der Waals surface area contributed by atoms with E-state index in [-0.39, 0.29) is 10.6 Å². The number of halogens is 3. The summed E-state index contributed by atoms with van der Waals surface area (Å²) in [7, 11) is 1.44. The summed E-state index contributed by atoms with van der Waals surface area (Å²) in [5, 5.41) is 10.7. The molecule has 5 heteroatoms. The molecule has 1 atom stereocenters. The first kappa shape index (κ1) is 14.1. The largest absolute Gasteiger partial charge is 0.497 e. The van der Waals surface area contributed by atoms with Crippen LogP contribution in [0.2, 0.25) is 10.0 Å². The molecular formula is C14H11Cl2FO2. The summed E-state index contributed by atoms with van der Waals surface area (Å²) in [5.74, 6) is -0.187. The maximum atomic E-state index is 13.9. The summed E-state index contributed by atoms with van der Waals surface area (Å²) in [6, 6.07) is 9.08. The van der Waals surface area contributed by atoms with Crippen molar-refractivity contribution in [3.63, 3.8) is 0 Å². The van der Waals surface area contributed by atoms with E-state index in [1.54, 1.807) is 24.3 Å². The van der Waals surface area contributed by atoms with Crippen LogP contribution in [0, 0.1) is 5.82 Å². The van der Waals surface area contributed by atoms with Crippen molar-refractivity contribution in [1.82, 2.24) is 0 Å². The van der Waals surface area contributed by atoms with Crippen molar-refractivity contribution in [3.8, 4) is 5.75 Å². The van der Waals surface area contributed by atoms with E-state index < -0.39 is 11.9 Å². The van der Waals surface area contributed by atoms with E-state index in [2.05, 4.69) is 0 Å². The van der Waals surface area contributed by atoms with E-state index in [4.69, 9.17) is 27.9 Å². The Bertz CT molecular complexity index is 602. The monoisotopic (exact) mass is 300 g/mol. The summed E-state index contributed by atoms with van der Waals surface area (Å²) in [4.78, 5) is 0. The number of hydrogen-bond donors (Lipinski definition) is 1. The van der Waals surface area contributed by atoms with Crippen molar-refractivity contribution in [1.29, 1.82) is 0 Å². The van der Waals surface area contributed by atoms with E-state index in [1.165, 1.54) is 19.2 Å². The Morgan fingerprint density at radius 1 is 1.16 bits per heavy atom. The normalized spacial score (nSPS) is 12.3. The number of aliphatic hydroxyl groups is 1. The molecule has 2 aromatic carbocycles. The fraction of sp³-hybridized carbons (Fsp3) is 0.143. The second-order valence-electron chi connectivity index (χ2n) is 3.93. The molecule has 2 rings (SSSR count). The molecule has 0 spiro atoms. The van der Waals surface area contributed by atoms with Crippen molar-refractivity contribution in [2.24, 2.45) is 0 Å². The molecule has 1 unspecified atom stereocenters. The van der Waals surface area contributed by atoms with Gasteiger partial charge in [-0.25, -0.2) is 4.39 Å². The molecule has 2 nitrogen and oxygen atoms in total. The first-order valence-corrected chi connectivity index (χ1v) is 6.25. The minimum Gasteiger partial charge on any atom is -0.497 e. The molecule has 0 bridgehead atoms. The molecule has 0 aromatic heterocycles. The summed E-state index contributed by atoms with van der Waals surface area (Å²) < 4.78 is 18.8. The van der Waals surface area contributed by atoms with E-state index in [0.717, 1.165) is 0 Å². The molecule has 19 heavy (non-hydrogen) atoms. The fourth-order valence-electron chi connectivity index (χ4n) is 1.76. The summed E-state index contributed by atoms with van der Waals surface area (Å²) in [5.41, 5.74) is 0.475. The van der Waals surface area contributed by atoms with Crippen LogP contribution in [0.4, 0.5) is 4.39 Å². The molecule has 0 amide bonds. The van der Waals surface area contributed by atoms with Gasteiger partial charge in [0, 0.05) is 17.2 Å². The van der Waals surface area contributed by atoms with Crippen LogP contribution in [0.15, 0.2) is 36.4 Å².